The van der Waals surface area contributed by atoms with E-state index in [0.29, 0.717) is 12.3 Å². The predicted molar refractivity (Wildman–Crippen MR) is 137 cm³/mol. The van der Waals surface area contributed by atoms with Crippen LogP contribution in [0.25, 0.3) is 10.8 Å². The van der Waals surface area contributed by atoms with E-state index in [1.54, 1.807) is 0 Å². The van der Waals surface area contributed by atoms with Crippen molar-refractivity contribution in [3.8, 4) is 0 Å². The second-order valence-corrected chi connectivity index (χ2v) is 9.82. The summed E-state index contributed by atoms with van der Waals surface area (Å²) < 4.78 is 0. The highest BCUT2D eigenvalue weighted by Crippen LogP contribution is 2.17. The summed E-state index contributed by atoms with van der Waals surface area (Å²) in [4.78, 5) is 28.3. The molecule has 0 radical (unpaired) electrons. The van der Waals surface area contributed by atoms with Crippen LogP contribution in [0.1, 0.15) is 37.8 Å². The molecule has 5 nitrogen and oxygen atoms in total. The minimum absolute atomic E-state index is 0.0767. The minimum atomic E-state index is -0.517. The first-order valence-corrected chi connectivity index (χ1v) is 12.3. The van der Waals surface area contributed by atoms with Gasteiger partial charge in [-0.05, 0) is 40.7 Å². The SMILES string of the molecule is CC(C)C[C@H](NC(=O)Cc1ccc2ccccc2c1)C(=O)N[C@@H]1CCN(Cc2ccccc2)C1. The maximum atomic E-state index is 13.1. The van der Waals surface area contributed by atoms with Crippen LogP contribution < -0.4 is 10.6 Å². The van der Waals surface area contributed by atoms with Crippen LogP contribution in [-0.4, -0.2) is 41.9 Å². The third-order valence-electron chi connectivity index (χ3n) is 6.41. The molecule has 0 saturated carbocycles. The molecule has 1 aliphatic heterocycles. The summed E-state index contributed by atoms with van der Waals surface area (Å²) in [5.41, 5.74) is 2.24. The van der Waals surface area contributed by atoms with E-state index in [4.69, 9.17) is 0 Å². The second kappa shape index (κ2) is 11.3. The van der Waals surface area contributed by atoms with E-state index in [2.05, 4.69) is 65.8 Å². The van der Waals surface area contributed by atoms with Gasteiger partial charge in [0.25, 0.3) is 0 Å². The van der Waals surface area contributed by atoms with Crippen LogP contribution in [0.2, 0.25) is 0 Å². The van der Waals surface area contributed by atoms with Crippen molar-refractivity contribution in [2.45, 2.75) is 51.7 Å². The number of likely N-dealkylation sites (tertiary alicyclic amines) is 1. The molecule has 4 rings (SSSR count). The van der Waals surface area contributed by atoms with Gasteiger partial charge in [0.1, 0.15) is 6.04 Å². The third kappa shape index (κ3) is 6.67. The fraction of sp³-hybridized carbons (Fsp3) is 0.379. The predicted octanol–water partition coefficient (Wildman–Crippen LogP) is 4.30. The average molecular weight is 458 g/mol. The molecule has 2 amide bonds. The van der Waals surface area contributed by atoms with E-state index in [1.165, 1.54) is 5.56 Å². The molecule has 5 heteroatoms. The van der Waals surface area contributed by atoms with Crippen molar-refractivity contribution >= 4 is 22.6 Å². The normalized spacial score (nSPS) is 17.1. The standard InChI is InChI=1S/C29H35N3O2/c1-21(2)16-27(31-28(33)18-23-12-13-24-10-6-7-11-25(24)17-23)29(34)30-26-14-15-32(20-26)19-22-8-4-3-5-9-22/h3-13,17,21,26-27H,14-16,18-20H2,1-2H3,(H,30,34)(H,31,33)/t26-,27+/m1/s1. The van der Waals surface area contributed by atoms with Gasteiger partial charge < -0.3 is 10.6 Å². The first-order valence-electron chi connectivity index (χ1n) is 12.3. The van der Waals surface area contributed by atoms with Crippen molar-refractivity contribution < 1.29 is 9.59 Å². The molecule has 1 saturated heterocycles. The molecule has 3 aromatic carbocycles. The topological polar surface area (TPSA) is 61.4 Å². The maximum Gasteiger partial charge on any atom is 0.242 e. The molecule has 1 heterocycles. The number of nitrogens with zero attached hydrogens (tertiary/aromatic N) is 1. The fourth-order valence-electron chi connectivity index (χ4n) is 4.72. The van der Waals surface area contributed by atoms with Gasteiger partial charge in [0.05, 0.1) is 6.42 Å². The monoisotopic (exact) mass is 457 g/mol. The molecular formula is C29H35N3O2. The van der Waals surface area contributed by atoms with Gasteiger partial charge in [0.15, 0.2) is 0 Å². The summed E-state index contributed by atoms with van der Waals surface area (Å²) in [5.74, 6) is 0.107. The first kappa shape index (κ1) is 24.0. The van der Waals surface area contributed by atoms with Crippen LogP contribution in [0.15, 0.2) is 72.8 Å². The Kier molecular flexibility index (Phi) is 7.96. The van der Waals surface area contributed by atoms with Crippen molar-refractivity contribution in [2.75, 3.05) is 13.1 Å². The summed E-state index contributed by atoms with van der Waals surface area (Å²) in [6.07, 6.45) is 1.81. The first-order chi connectivity index (χ1) is 16.5. The molecule has 0 aliphatic carbocycles. The van der Waals surface area contributed by atoms with E-state index >= 15 is 0 Å². The number of fused-ring (bicyclic) bond motifs is 1. The number of rotatable bonds is 9. The summed E-state index contributed by atoms with van der Waals surface area (Å²) in [7, 11) is 0. The summed E-state index contributed by atoms with van der Waals surface area (Å²) >= 11 is 0. The van der Waals surface area contributed by atoms with E-state index in [1.807, 2.05) is 36.4 Å². The molecule has 178 valence electrons. The highest BCUT2D eigenvalue weighted by Gasteiger charge is 2.28. The third-order valence-corrected chi connectivity index (χ3v) is 6.41. The van der Waals surface area contributed by atoms with Gasteiger partial charge in [-0.1, -0.05) is 86.6 Å². The Morgan fingerprint density at radius 1 is 0.941 bits per heavy atom. The highest BCUT2D eigenvalue weighted by molar-refractivity contribution is 5.89. The quantitative estimate of drug-likeness (QED) is 0.504. The maximum absolute atomic E-state index is 13.1. The molecule has 0 bridgehead atoms. The van der Waals surface area contributed by atoms with Crippen molar-refractivity contribution in [2.24, 2.45) is 5.92 Å². The number of nitrogens with one attached hydrogen (secondary N) is 2. The molecule has 0 unspecified atom stereocenters. The summed E-state index contributed by atoms with van der Waals surface area (Å²) in [6.45, 7) is 6.84. The molecule has 34 heavy (non-hydrogen) atoms. The van der Waals surface area contributed by atoms with Gasteiger partial charge in [-0.25, -0.2) is 0 Å². The zero-order chi connectivity index (χ0) is 23.9. The molecule has 1 fully saturated rings. The lowest BCUT2D eigenvalue weighted by atomic mass is 10.0. The van der Waals surface area contributed by atoms with Crippen molar-refractivity contribution in [3.63, 3.8) is 0 Å². The number of hydrogen-bond donors (Lipinski definition) is 2. The molecule has 2 atom stereocenters. The largest absolute Gasteiger partial charge is 0.350 e. The van der Waals surface area contributed by atoms with E-state index in [9.17, 15) is 9.59 Å². The van der Waals surface area contributed by atoms with Crippen LogP contribution in [0.5, 0.6) is 0 Å². The fourth-order valence-corrected chi connectivity index (χ4v) is 4.72. The van der Waals surface area contributed by atoms with Gasteiger partial charge >= 0.3 is 0 Å². The number of hydrogen-bond acceptors (Lipinski definition) is 3. The molecule has 1 aliphatic rings. The second-order valence-electron chi connectivity index (χ2n) is 9.82. The number of carbonyl (C=O) groups is 2. The molecular weight excluding hydrogens is 422 g/mol. The van der Waals surface area contributed by atoms with Crippen molar-refractivity contribution in [1.29, 1.82) is 0 Å². The number of benzene rings is 3. The van der Waals surface area contributed by atoms with Gasteiger partial charge in [0.2, 0.25) is 11.8 Å². The van der Waals surface area contributed by atoms with E-state index < -0.39 is 6.04 Å². The Labute approximate surface area is 202 Å². The van der Waals surface area contributed by atoms with E-state index in [0.717, 1.165) is 42.4 Å². The smallest absolute Gasteiger partial charge is 0.242 e. The van der Waals surface area contributed by atoms with Crippen LogP contribution in [0.3, 0.4) is 0 Å². The Morgan fingerprint density at radius 2 is 1.68 bits per heavy atom. The summed E-state index contributed by atoms with van der Waals surface area (Å²) in [6, 6.07) is 24.2. The zero-order valence-electron chi connectivity index (χ0n) is 20.2. The van der Waals surface area contributed by atoms with E-state index in [-0.39, 0.29) is 24.3 Å². The lowest BCUT2D eigenvalue weighted by molar-refractivity contribution is -0.129. The van der Waals surface area contributed by atoms with Crippen molar-refractivity contribution in [3.05, 3.63) is 83.9 Å². The van der Waals surface area contributed by atoms with Gasteiger partial charge in [-0.3, -0.25) is 14.5 Å². The molecule has 3 aromatic rings. The Balaban J connectivity index is 1.32. The highest BCUT2D eigenvalue weighted by atomic mass is 16.2. The molecule has 2 N–H and O–H groups in total. The Bertz CT molecular complexity index is 1110. The lowest BCUT2D eigenvalue weighted by Crippen LogP contribution is -2.51. The number of carbonyl (C=O) groups excluding carboxylic acids is 2. The minimum Gasteiger partial charge on any atom is -0.350 e. The lowest BCUT2D eigenvalue weighted by Gasteiger charge is -2.23. The van der Waals surface area contributed by atoms with Gasteiger partial charge in [-0.2, -0.15) is 0 Å². The summed E-state index contributed by atoms with van der Waals surface area (Å²) in [5, 5.41) is 8.47. The Morgan fingerprint density at radius 3 is 2.44 bits per heavy atom. The Hall–Kier alpha value is -3.18. The number of amides is 2. The van der Waals surface area contributed by atoms with Crippen LogP contribution in [-0.2, 0) is 22.6 Å². The molecule has 0 spiro atoms. The molecule has 0 aromatic heterocycles. The average Bonchev–Trinajstić information content (AvgIpc) is 3.25. The van der Waals surface area contributed by atoms with Crippen LogP contribution >= 0.6 is 0 Å². The van der Waals surface area contributed by atoms with Gasteiger partial charge in [0, 0.05) is 25.7 Å². The van der Waals surface area contributed by atoms with Crippen molar-refractivity contribution in [1.82, 2.24) is 15.5 Å². The van der Waals surface area contributed by atoms with Gasteiger partial charge in [-0.15, -0.1) is 0 Å². The van der Waals surface area contributed by atoms with Crippen LogP contribution in [0.4, 0.5) is 0 Å². The zero-order valence-corrected chi connectivity index (χ0v) is 20.2. The van der Waals surface area contributed by atoms with Crippen LogP contribution in [0, 0.1) is 5.92 Å².